The van der Waals surface area contributed by atoms with Gasteiger partial charge in [0.1, 0.15) is 0 Å². The van der Waals surface area contributed by atoms with Crippen molar-refractivity contribution in [3.8, 4) is 0 Å². The smallest absolute Gasteiger partial charge is 0.240 e. The zero-order chi connectivity index (χ0) is 15.5. The van der Waals surface area contributed by atoms with Gasteiger partial charge >= 0.3 is 0 Å². The maximum atomic E-state index is 12.5. The molecule has 2 N–H and O–H groups in total. The lowest BCUT2D eigenvalue weighted by Gasteiger charge is -2.23. The van der Waals surface area contributed by atoms with Crippen molar-refractivity contribution in [2.24, 2.45) is 0 Å². The summed E-state index contributed by atoms with van der Waals surface area (Å²) < 4.78 is 33.4. The molecule has 0 bridgehead atoms. The number of hydrogen-bond acceptors (Lipinski definition) is 4. The maximum Gasteiger partial charge on any atom is 0.240 e. The Balaban J connectivity index is 2.16. The Kier molecular flexibility index (Phi) is 5.03. The molecule has 1 aromatic rings. The number of sulfonamides is 1. The Morgan fingerprint density at radius 1 is 1.38 bits per heavy atom. The zero-order valence-electron chi connectivity index (χ0n) is 12.9. The minimum absolute atomic E-state index is 0.311. The predicted molar refractivity (Wildman–Crippen MR) is 82.7 cm³/mol. The van der Waals surface area contributed by atoms with Crippen molar-refractivity contribution >= 4 is 10.0 Å². The number of ether oxygens (including phenoxy) is 1. The van der Waals surface area contributed by atoms with Gasteiger partial charge in [-0.3, -0.25) is 0 Å². The van der Waals surface area contributed by atoms with E-state index in [1.54, 1.807) is 6.07 Å². The Bertz CT molecular complexity index is 593. The van der Waals surface area contributed by atoms with E-state index in [9.17, 15) is 8.42 Å². The van der Waals surface area contributed by atoms with Crippen molar-refractivity contribution in [1.82, 2.24) is 10.0 Å². The average Bonchev–Trinajstić information content (AvgIpc) is 2.87. The number of nitrogens with one attached hydrogen (secondary N) is 2. The Labute approximate surface area is 127 Å². The summed E-state index contributed by atoms with van der Waals surface area (Å²) in [5.41, 5.74) is 1.32. The average molecular weight is 312 g/mol. The van der Waals surface area contributed by atoms with Crippen LogP contribution in [0.5, 0.6) is 0 Å². The molecule has 0 amide bonds. The highest BCUT2D eigenvalue weighted by Crippen LogP contribution is 2.25. The van der Waals surface area contributed by atoms with E-state index in [-0.39, 0.29) is 5.60 Å². The first-order valence-electron chi connectivity index (χ1n) is 7.24. The Hall–Kier alpha value is -0.950. The first kappa shape index (κ1) is 16.4. The molecule has 1 atom stereocenters. The minimum atomic E-state index is -3.52. The fourth-order valence-corrected chi connectivity index (χ4v) is 4.00. The van der Waals surface area contributed by atoms with Crippen molar-refractivity contribution in [3.63, 3.8) is 0 Å². The third kappa shape index (κ3) is 4.03. The lowest BCUT2D eigenvalue weighted by atomic mass is 10.0. The molecule has 1 saturated heterocycles. The van der Waals surface area contributed by atoms with Crippen LogP contribution >= 0.6 is 0 Å². The molecular formula is C15H24N2O3S. The van der Waals surface area contributed by atoms with Gasteiger partial charge in [-0.2, -0.15) is 0 Å². The molecule has 118 valence electrons. The first-order valence-corrected chi connectivity index (χ1v) is 8.72. The summed E-state index contributed by atoms with van der Waals surface area (Å²) in [4.78, 5) is 0.344. The third-order valence-electron chi connectivity index (χ3n) is 3.86. The van der Waals surface area contributed by atoms with Crippen molar-refractivity contribution < 1.29 is 13.2 Å². The summed E-state index contributed by atoms with van der Waals surface area (Å²) in [6, 6.07) is 5.51. The second-order valence-corrected chi connectivity index (χ2v) is 7.59. The highest BCUT2D eigenvalue weighted by molar-refractivity contribution is 7.89. The SMILES string of the molecule is CNCc1ccc(C)c(S(=O)(=O)NCC2(C)CCCO2)c1. The fraction of sp³-hybridized carbons (Fsp3) is 0.600. The van der Waals surface area contributed by atoms with Gasteiger partial charge in [-0.05, 0) is 50.9 Å². The Morgan fingerprint density at radius 2 is 2.14 bits per heavy atom. The standard InChI is InChI=1S/C15H24N2O3S/c1-12-5-6-13(10-16-3)9-14(12)21(18,19)17-11-15(2)7-4-8-20-15/h5-6,9,16-17H,4,7-8,10-11H2,1-3H3. The van der Waals surface area contributed by atoms with Gasteiger partial charge in [-0.15, -0.1) is 0 Å². The molecule has 1 unspecified atom stereocenters. The van der Waals surface area contributed by atoms with Gasteiger partial charge in [-0.25, -0.2) is 13.1 Å². The van der Waals surface area contributed by atoms with Gasteiger partial charge in [0.15, 0.2) is 0 Å². The summed E-state index contributed by atoms with van der Waals surface area (Å²) in [5.74, 6) is 0. The van der Waals surface area contributed by atoms with Crippen LogP contribution in [0.4, 0.5) is 0 Å². The zero-order valence-corrected chi connectivity index (χ0v) is 13.7. The monoisotopic (exact) mass is 312 g/mol. The fourth-order valence-electron chi connectivity index (χ4n) is 2.55. The van der Waals surface area contributed by atoms with E-state index in [0.29, 0.717) is 24.6 Å². The van der Waals surface area contributed by atoms with Crippen LogP contribution < -0.4 is 10.0 Å². The van der Waals surface area contributed by atoms with Gasteiger partial charge in [0, 0.05) is 19.7 Å². The van der Waals surface area contributed by atoms with E-state index in [1.807, 2.05) is 33.0 Å². The van der Waals surface area contributed by atoms with Crippen LogP contribution in [0.25, 0.3) is 0 Å². The quantitative estimate of drug-likeness (QED) is 0.836. The number of rotatable bonds is 6. The van der Waals surface area contributed by atoms with Gasteiger partial charge in [0.05, 0.1) is 10.5 Å². The summed E-state index contributed by atoms with van der Waals surface area (Å²) in [7, 11) is -1.68. The van der Waals surface area contributed by atoms with Crippen LogP contribution in [-0.4, -0.2) is 34.2 Å². The van der Waals surface area contributed by atoms with Crippen molar-refractivity contribution in [2.75, 3.05) is 20.2 Å². The molecule has 6 heteroatoms. The largest absolute Gasteiger partial charge is 0.374 e. The van der Waals surface area contributed by atoms with E-state index in [4.69, 9.17) is 4.74 Å². The van der Waals surface area contributed by atoms with Crippen molar-refractivity contribution in [3.05, 3.63) is 29.3 Å². The molecule has 1 aromatic carbocycles. The van der Waals surface area contributed by atoms with Crippen LogP contribution in [0.3, 0.4) is 0 Å². The third-order valence-corrected chi connectivity index (χ3v) is 5.40. The summed E-state index contributed by atoms with van der Waals surface area (Å²) in [5, 5.41) is 3.03. The second kappa shape index (κ2) is 6.44. The normalized spacial score (nSPS) is 22.6. The van der Waals surface area contributed by atoms with Crippen molar-refractivity contribution in [1.29, 1.82) is 0 Å². The maximum absolute atomic E-state index is 12.5. The van der Waals surface area contributed by atoms with E-state index < -0.39 is 10.0 Å². The lowest BCUT2D eigenvalue weighted by molar-refractivity contribution is 0.0250. The molecule has 2 rings (SSSR count). The van der Waals surface area contributed by atoms with Crippen molar-refractivity contribution in [2.45, 2.75) is 43.7 Å². The first-order chi connectivity index (χ1) is 9.86. The van der Waals surface area contributed by atoms with E-state index in [0.717, 1.165) is 24.0 Å². The van der Waals surface area contributed by atoms with Crippen LogP contribution in [0.15, 0.2) is 23.1 Å². The molecule has 0 spiro atoms. The van der Waals surface area contributed by atoms with Gasteiger partial charge in [0.25, 0.3) is 0 Å². The molecule has 1 fully saturated rings. The highest BCUT2D eigenvalue weighted by atomic mass is 32.2. The van der Waals surface area contributed by atoms with Crippen LogP contribution in [0, 0.1) is 6.92 Å². The molecule has 0 aromatic heterocycles. The number of hydrogen-bond donors (Lipinski definition) is 2. The number of aryl methyl sites for hydroxylation is 1. The summed E-state index contributed by atoms with van der Waals surface area (Å²) >= 11 is 0. The second-order valence-electron chi connectivity index (χ2n) is 5.86. The molecule has 0 saturated carbocycles. The van der Waals surface area contributed by atoms with Gasteiger partial charge in [0.2, 0.25) is 10.0 Å². The topological polar surface area (TPSA) is 67.4 Å². The molecular weight excluding hydrogens is 288 g/mol. The highest BCUT2D eigenvalue weighted by Gasteiger charge is 2.31. The van der Waals surface area contributed by atoms with Crippen LogP contribution in [0.1, 0.15) is 30.9 Å². The lowest BCUT2D eigenvalue weighted by Crippen LogP contribution is -2.40. The molecule has 5 nitrogen and oxygen atoms in total. The molecule has 0 aliphatic carbocycles. The molecule has 21 heavy (non-hydrogen) atoms. The number of benzene rings is 1. The minimum Gasteiger partial charge on any atom is -0.374 e. The molecule has 1 aliphatic rings. The predicted octanol–water partition coefficient (Wildman–Crippen LogP) is 1.56. The Morgan fingerprint density at radius 3 is 2.76 bits per heavy atom. The van der Waals surface area contributed by atoms with E-state index in [1.165, 1.54) is 0 Å². The van der Waals surface area contributed by atoms with Crippen LogP contribution in [0.2, 0.25) is 0 Å². The van der Waals surface area contributed by atoms with E-state index in [2.05, 4.69) is 10.0 Å². The molecule has 0 radical (unpaired) electrons. The summed E-state index contributed by atoms with van der Waals surface area (Å²) in [6.07, 6.45) is 1.86. The van der Waals surface area contributed by atoms with Crippen LogP contribution in [-0.2, 0) is 21.3 Å². The molecule has 1 aliphatic heterocycles. The summed E-state index contributed by atoms with van der Waals surface area (Å²) in [6.45, 7) is 5.42. The van der Waals surface area contributed by atoms with Gasteiger partial charge in [-0.1, -0.05) is 12.1 Å². The van der Waals surface area contributed by atoms with Gasteiger partial charge < -0.3 is 10.1 Å². The molecule has 1 heterocycles. The van der Waals surface area contributed by atoms with E-state index >= 15 is 0 Å².